The molecule has 0 aliphatic heterocycles. The van der Waals surface area contributed by atoms with E-state index in [1.807, 2.05) is 0 Å². The van der Waals surface area contributed by atoms with Gasteiger partial charge in [0.05, 0.1) is 11.2 Å². The maximum atomic E-state index is 12.7. The summed E-state index contributed by atoms with van der Waals surface area (Å²) in [7, 11) is 0. The minimum atomic E-state index is -0.274. The largest absolute Gasteiger partial charge is 0.446 e. The van der Waals surface area contributed by atoms with Crippen LogP contribution in [0.3, 0.4) is 0 Å². The van der Waals surface area contributed by atoms with E-state index >= 15 is 0 Å². The van der Waals surface area contributed by atoms with Crippen molar-refractivity contribution in [3.05, 3.63) is 11.6 Å². The molecule has 0 aromatic rings. The van der Waals surface area contributed by atoms with Crippen molar-refractivity contribution < 1.29 is 19.0 Å². The second kappa shape index (κ2) is 15.0. The standard InChI is InChI=1S/C40H71NO4/c1-28(2)13-11-14-29(3)33-17-18-34-32-16-15-30-27-31(19-21-39(30,9)35(32)20-22-40(33,34)10)45-36(42)41-24-12-25-44-38(7,8)23-26-43-37(4,5)6/h15,28-29,31-35H,11-14,16-27H2,1-10H3,(H,41,42). The fourth-order valence-corrected chi connectivity index (χ4v) is 10.2. The zero-order chi connectivity index (χ0) is 33.0. The predicted octanol–water partition coefficient (Wildman–Crippen LogP) is 10.5. The van der Waals surface area contributed by atoms with Gasteiger partial charge in [0.25, 0.3) is 0 Å². The van der Waals surface area contributed by atoms with Gasteiger partial charge in [-0.2, -0.15) is 0 Å². The van der Waals surface area contributed by atoms with E-state index in [9.17, 15) is 4.79 Å². The molecule has 4 aliphatic rings. The van der Waals surface area contributed by atoms with E-state index in [1.54, 1.807) is 5.57 Å². The average molecular weight is 630 g/mol. The number of carbonyl (C=O) groups is 1. The summed E-state index contributed by atoms with van der Waals surface area (Å²) in [6, 6.07) is 0. The molecular formula is C40H71NO4. The zero-order valence-corrected chi connectivity index (χ0v) is 31.1. The van der Waals surface area contributed by atoms with Crippen molar-refractivity contribution in [3.63, 3.8) is 0 Å². The van der Waals surface area contributed by atoms with Gasteiger partial charge in [-0.1, -0.05) is 65.5 Å². The fraction of sp³-hybridized carbons (Fsp3) is 0.925. The molecule has 45 heavy (non-hydrogen) atoms. The molecule has 0 saturated heterocycles. The summed E-state index contributed by atoms with van der Waals surface area (Å²) in [5, 5.41) is 2.98. The minimum Gasteiger partial charge on any atom is -0.446 e. The van der Waals surface area contributed by atoms with E-state index in [0.29, 0.717) is 25.2 Å². The summed E-state index contributed by atoms with van der Waals surface area (Å²) in [4.78, 5) is 12.7. The van der Waals surface area contributed by atoms with Gasteiger partial charge in [0.1, 0.15) is 6.10 Å². The second-order valence-electron chi connectivity index (χ2n) is 18.2. The summed E-state index contributed by atoms with van der Waals surface area (Å²) >= 11 is 0. The maximum Gasteiger partial charge on any atom is 0.407 e. The predicted molar refractivity (Wildman–Crippen MR) is 186 cm³/mol. The van der Waals surface area contributed by atoms with E-state index in [-0.39, 0.29) is 28.8 Å². The highest BCUT2D eigenvalue weighted by atomic mass is 16.6. The summed E-state index contributed by atoms with van der Waals surface area (Å²) in [5.41, 5.74) is 2.02. The molecule has 4 aliphatic carbocycles. The molecular weight excluding hydrogens is 558 g/mol. The van der Waals surface area contributed by atoms with E-state index < -0.39 is 0 Å². The molecule has 1 N–H and O–H groups in total. The number of hydrogen-bond acceptors (Lipinski definition) is 4. The molecule has 5 heteroatoms. The molecule has 0 aromatic heterocycles. The third kappa shape index (κ3) is 9.30. The number of amides is 1. The normalized spacial score (nSPS) is 34.0. The van der Waals surface area contributed by atoms with Crippen LogP contribution in [0.5, 0.6) is 0 Å². The first kappa shape index (κ1) is 36.8. The maximum absolute atomic E-state index is 12.7. The first-order valence-electron chi connectivity index (χ1n) is 19.0. The smallest absolute Gasteiger partial charge is 0.407 e. The first-order chi connectivity index (χ1) is 21.0. The van der Waals surface area contributed by atoms with Crippen molar-refractivity contribution in [1.29, 1.82) is 0 Å². The second-order valence-corrected chi connectivity index (χ2v) is 18.2. The number of nitrogens with one attached hydrogen (secondary N) is 1. The molecule has 3 saturated carbocycles. The molecule has 5 nitrogen and oxygen atoms in total. The monoisotopic (exact) mass is 630 g/mol. The molecule has 8 atom stereocenters. The molecule has 4 rings (SSSR count). The lowest BCUT2D eigenvalue weighted by Crippen LogP contribution is -2.51. The highest BCUT2D eigenvalue weighted by Gasteiger charge is 2.59. The fourth-order valence-electron chi connectivity index (χ4n) is 10.2. The number of carbonyl (C=O) groups excluding carboxylic acids is 1. The van der Waals surface area contributed by atoms with Crippen LogP contribution in [0.15, 0.2) is 11.6 Å². The lowest BCUT2D eigenvalue weighted by molar-refractivity contribution is -0.0668. The Hall–Kier alpha value is -1.07. The Morgan fingerprint density at radius 2 is 1.69 bits per heavy atom. The highest BCUT2D eigenvalue weighted by Crippen LogP contribution is 2.67. The lowest BCUT2D eigenvalue weighted by atomic mass is 9.47. The van der Waals surface area contributed by atoms with Crippen LogP contribution in [0.1, 0.15) is 153 Å². The molecule has 0 heterocycles. The van der Waals surface area contributed by atoms with Crippen LogP contribution in [0.2, 0.25) is 0 Å². The van der Waals surface area contributed by atoms with Gasteiger partial charge in [0.2, 0.25) is 0 Å². The van der Waals surface area contributed by atoms with Crippen molar-refractivity contribution in [2.24, 2.45) is 46.3 Å². The van der Waals surface area contributed by atoms with Crippen molar-refractivity contribution in [3.8, 4) is 0 Å². The Kier molecular flexibility index (Phi) is 12.3. The van der Waals surface area contributed by atoms with Crippen LogP contribution < -0.4 is 5.32 Å². The van der Waals surface area contributed by atoms with Gasteiger partial charge in [-0.3, -0.25) is 0 Å². The average Bonchev–Trinajstić information content (AvgIpc) is 3.29. The van der Waals surface area contributed by atoms with E-state index in [2.05, 4.69) is 80.6 Å². The summed E-state index contributed by atoms with van der Waals surface area (Å²) in [6.45, 7) is 24.8. The lowest BCUT2D eigenvalue weighted by Gasteiger charge is -2.58. The molecule has 0 radical (unpaired) electrons. The van der Waals surface area contributed by atoms with Crippen LogP contribution in [-0.4, -0.2) is 43.2 Å². The molecule has 0 spiro atoms. The van der Waals surface area contributed by atoms with E-state index in [1.165, 1.54) is 51.4 Å². The van der Waals surface area contributed by atoms with Crippen molar-refractivity contribution in [1.82, 2.24) is 5.32 Å². The van der Waals surface area contributed by atoms with Crippen molar-refractivity contribution >= 4 is 6.09 Å². The summed E-state index contributed by atoms with van der Waals surface area (Å²) in [6.07, 6.45) is 18.1. The third-order valence-corrected chi connectivity index (χ3v) is 12.9. The van der Waals surface area contributed by atoms with Gasteiger partial charge < -0.3 is 19.5 Å². The quantitative estimate of drug-likeness (QED) is 0.153. The van der Waals surface area contributed by atoms with Crippen LogP contribution in [-0.2, 0) is 14.2 Å². The third-order valence-electron chi connectivity index (χ3n) is 12.9. The summed E-state index contributed by atoms with van der Waals surface area (Å²) < 4.78 is 17.9. The Bertz CT molecular complexity index is 997. The van der Waals surface area contributed by atoms with Gasteiger partial charge in [-0.15, -0.1) is 0 Å². The molecule has 8 unspecified atom stereocenters. The van der Waals surface area contributed by atoms with Crippen LogP contribution >= 0.6 is 0 Å². The summed E-state index contributed by atoms with van der Waals surface area (Å²) in [5.74, 6) is 5.11. The van der Waals surface area contributed by atoms with Crippen LogP contribution in [0, 0.1) is 46.3 Å². The van der Waals surface area contributed by atoms with Crippen molar-refractivity contribution in [2.75, 3.05) is 19.8 Å². The van der Waals surface area contributed by atoms with Gasteiger partial charge in [-0.25, -0.2) is 4.79 Å². The minimum absolute atomic E-state index is 0.00437. The Morgan fingerprint density at radius 3 is 2.40 bits per heavy atom. The molecule has 1 amide bonds. The number of fused-ring (bicyclic) bond motifs is 5. The molecule has 0 bridgehead atoms. The first-order valence-corrected chi connectivity index (χ1v) is 19.0. The van der Waals surface area contributed by atoms with E-state index in [4.69, 9.17) is 14.2 Å². The topological polar surface area (TPSA) is 56.8 Å². The number of ether oxygens (including phenoxy) is 3. The van der Waals surface area contributed by atoms with Crippen LogP contribution in [0.4, 0.5) is 4.79 Å². The van der Waals surface area contributed by atoms with Gasteiger partial charge in [-0.05, 0) is 139 Å². The van der Waals surface area contributed by atoms with Crippen LogP contribution in [0.25, 0.3) is 0 Å². The zero-order valence-electron chi connectivity index (χ0n) is 31.1. The molecule has 3 fully saturated rings. The van der Waals surface area contributed by atoms with Gasteiger partial charge in [0.15, 0.2) is 0 Å². The highest BCUT2D eigenvalue weighted by molar-refractivity contribution is 5.67. The SMILES string of the molecule is CC(C)CCCC(C)C1CCC2C3CC=C4CC(OC(=O)NCCCOC(C)(C)CCOC(C)(C)C)CCC4(C)C3CCC12C. The molecule has 0 aromatic carbocycles. The Morgan fingerprint density at radius 1 is 0.933 bits per heavy atom. The number of hydrogen-bond donors (Lipinski definition) is 1. The Labute approximate surface area is 277 Å². The number of rotatable bonds is 14. The van der Waals surface area contributed by atoms with Crippen molar-refractivity contribution in [2.45, 2.75) is 170 Å². The van der Waals surface area contributed by atoms with E-state index in [0.717, 1.165) is 67.6 Å². The number of alkyl carbamates (subject to hydrolysis) is 1. The Balaban J connectivity index is 1.21. The van der Waals surface area contributed by atoms with Gasteiger partial charge >= 0.3 is 6.09 Å². The number of allylic oxidation sites excluding steroid dienone is 1. The molecule has 260 valence electrons. The van der Waals surface area contributed by atoms with Gasteiger partial charge in [0, 0.05) is 26.2 Å².